The summed E-state index contributed by atoms with van der Waals surface area (Å²) in [4.78, 5) is 41.9. The molecule has 9 heteroatoms. The van der Waals surface area contributed by atoms with Crippen molar-refractivity contribution in [1.29, 1.82) is 0 Å². The molecule has 150 valence electrons. The number of nitrogens with one attached hydrogen (secondary N) is 1. The van der Waals surface area contributed by atoms with Crippen molar-refractivity contribution in [2.75, 3.05) is 25.0 Å². The molecule has 0 unspecified atom stereocenters. The molecule has 2 heterocycles. The lowest BCUT2D eigenvalue weighted by Gasteiger charge is -2.32. The van der Waals surface area contributed by atoms with E-state index in [0.717, 1.165) is 0 Å². The van der Waals surface area contributed by atoms with Gasteiger partial charge in [-0.2, -0.15) is 0 Å². The number of piperidine rings is 1. The monoisotopic (exact) mass is 397 g/mol. The Hall–Kier alpha value is -2.16. The van der Waals surface area contributed by atoms with Crippen LogP contribution in [0.4, 0.5) is 9.93 Å². The minimum atomic E-state index is -0.530. The number of rotatable bonds is 5. The van der Waals surface area contributed by atoms with E-state index in [1.54, 1.807) is 17.2 Å². The summed E-state index contributed by atoms with van der Waals surface area (Å²) in [5, 5.41) is 5.00. The summed E-state index contributed by atoms with van der Waals surface area (Å²) in [5.74, 6) is -0.632. The first kappa shape index (κ1) is 21.1. The topological polar surface area (TPSA) is 97.8 Å². The number of esters is 1. The Morgan fingerprint density at radius 1 is 1.30 bits per heavy atom. The molecule has 1 aliphatic heterocycles. The second-order valence-electron chi connectivity index (χ2n) is 7.36. The molecular weight excluding hydrogens is 370 g/mol. The number of hydrogen-bond donors (Lipinski definition) is 1. The van der Waals surface area contributed by atoms with Gasteiger partial charge in [-0.1, -0.05) is 0 Å². The first-order valence-corrected chi connectivity index (χ1v) is 9.94. The molecule has 27 heavy (non-hydrogen) atoms. The van der Waals surface area contributed by atoms with Crippen LogP contribution in [0.3, 0.4) is 0 Å². The molecule has 0 bridgehead atoms. The molecule has 8 nitrogen and oxygen atoms in total. The van der Waals surface area contributed by atoms with E-state index < -0.39 is 5.60 Å². The minimum Gasteiger partial charge on any atom is -0.466 e. The van der Waals surface area contributed by atoms with E-state index in [0.29, 0.717) is 43.4 Å². The smallest absolute Gasteiger partial charge is 0.410 e. The number of thiazole rings is 1. The minimum absolute atomic E-state index is 0.0918. The van der Waals surface area contributed by atoms with Gasteiger partial charge in [-0.3, -0.25) is 9.59 Å². The van der Waals surface area contributed by atoms with Crippen molar-refractivity contribution < 1.29 is 23.9 Å². The molecule has 0 atom stereocenters. The number of carbonyl (C=O) groups is 3. The summed E-state index contributed by atoms with van der Waals surface area (Å²) in [5.41, 5.74) is 0.0470. The van der Waals surface area contributed by atoms with E-state index in [1.807, 2.05) is 20.8 Å². The summed E-state index contributed by atoms with van der Waals surface area (Å²) in [6.45, 7) is 8.53. The molecule has 2 amide bonds. The molecule has 0 aliphatic carbocycles. The van der Waals surface area contributed by atoms with E-state index >= 15 is 0 Å². The molecule has 1 saturated heterocycles. The van der Waals surface area contributed by atoms with Crippen LogP contribution in [0.5, 0.6) is 0 Å². The highest BCUT2D eigenvalue weighted by Gasteiger charge is 2.30. The molecule has 0 saturated carbocycles. The third kappa shape index (κ3) is 6.82. The zero-order valence-electron chi connectivity index (χ0n) is 16.2. The van der Waals surface area contributed by atoms with Crippen LogP contribution in [-0.4, -0.2) is 53.2 Å². The number of amides is 2. The summed E-state index contributed by atoms with van der Waals surface area (Å²) in [6.07, 6.45) is 0.900. The fourth-order valence-electron chi connectivity index (χ4n) is 2.66. The number of ether oxygens (including phenoxy) is 2. The van der Waals surface area contributed by atoms with Crippen molar-refractivity contribution in [2.24, 2.45) is 5.92 Å². The highest BCUT2D eigenvalue weighted by atomic mass is 32.1. The van der Waals surface area contributed by atoms with Crippen LogP contribution in [-0.2, 0) is 25.5 Å². The van der Waals surface area contributed by atoms with Crippen LogP contribution >= 0.6 is 11.3 Å². The lowest BCUT2D eigenvalue weighted by molar-refractivity contribution is -0.142. The van der Waals surface area contributed by atoms with E-state index in [2.05, 4.69) is 10.3 Å². The summed E-state index contributed by atoms with van der Waals surface area (Å²) >= 11 is 1.28. The van der Waals surface area contributed by atoms with Crippen molar-refractivity contribution in [3.8, 4) is 0 Å². The van der Waals surface area contributed by atoms with Gasteiger partial charge in [0.2, 0.25) is 5.91 Å². The van der Waals surface area contributed by atoms with Crippen molar-refractivity contribution in [1.82, 2.24) is 9.88 Å². The predicted molar refractivity (Wildman–Crippen MR) is 102 cm³/mol. The molecule has 1 aliphatic rings. The second kappa shape index (κ2) is 9.16. The van der Waals surface area contributed by atoms with E-state index in [-0.39, 0.29) is 30.3 Å². The molecule has 1 N–H and O–H groups in total. The van der Waals surface area contributed by atoms with E-state index in [9.17, 15) is 14.4 Å². The van der Waals surface area contributed by atoms with Gasteiger partial charge in [0.15, 0.2) is 5.13 Å². The van der Waals surface area contributed by atoms with Crippen LogP contribution in [0, 0.1) is 5.92 Å². The third-order valence-electron chi connectivity index (χ3n) is 3.93. The van der Waals surface area contributed by atoms with Crippen LogP contribution in [0.15, 0.2) is 5.38 Å². The predicted octanol–water partition coefficient (Wildman–Crippen LogP) is 2.83. The maximum atomic E-state index is 12.4. The van der Waals surface area contributed by atoms with Gasteiger partial charge in [-0.25, -0.2) is 9.78 Å². The summed E-state index contributed by atoms with van der Waals surface area (Å²) in [7, 11) is 0. The van der Waals surface area contributed by atoms with Crippen LogP contribution in [0.2, 0.25) is 0 Å². The zero-order chi connectivity index (χ0) is 20.0. The Bertz CT molecular complexity index is 675. The molecule has 0 spiro atoms. The first-order chi connectivity index (χ1) is 12.7. The average molecular weight is 397 g/mol. The second-order valence-corrected chi connectivity index (χ2v) is 8.21. The lowest BCUT2D eigenvalue weighted by atomic mass is 9.96. The van der Waals surface area contributed by atoms with Gasteiger partial charge >= 0.3 is 12.1 Å². The normalized spacial score (nSPS) is 15.3. The number of likely N-dealkylation sites (tertiary alicyclic amines) is 1. The van der Waals surface area contributed by atoms with E-state index in [1.165, 1.54) is 11.3 Å². The highest BCUT2D eigenvalue weighted by Crippen LogP contribution is 2.23. The molecule has 1 aromatic rings. The number of carbonyl (C=O) groups excluding carboxylic acids is 3. The standard InChI is InChI=1S/C18H27N3O5S/c1-5-25-14(22)10-13-11-27-16(19-13)20-15(23)12-6-8-21(9-7-12)17(24)26-18(2,3)4/h11-12H,5-10H2,1-4H3,(H,19,20,23). The zero-order valence-corrected chi connectivity index (χ0v) is 17.1. The lowest BCUT2D eigenvalue weighted by Crippen LogP contribution is -2.43. The maximum Gasteiger partial charge on any atom is 0.410 e. The van der Waals surface area contributed by atoms with Gasteiger partial charge in [0, 0.05) is 24.4 Å². The van der Waals surface area contributed by atoms with Gasteiger partial charge in [0.25, 0.3) is 0 Å². The van der Waals surface area contributed by atoms with Crippen molar-refractivity contribution in [3.63, 3.8) is 0 Å². The molecule has 2 rings (SSSR count). The largest absolute Gasteiger partial charge is 0.466 e. The van der Waals surface area contributed by atoms with E-state index in [4.69, 9.17) is 9.47 Å². The Morgan fingerprint density at radius 2 is 1.96 bits per heavy atom. The SMILES string of the molecule is CCOC(=O)Cc1csc(NC(=O)C2CCN(C(=O)OC(C)(C)C)CC2)n1. The van der Waals surface area contributed by atoms with Crippen LogP contribution in [0.1, 0.15) is 46.2 Å². The van der Waals surface area contributed by atoms with Gasteiger partial charge < -0.3 is 19.7 Å². The number of aromatic nitrogens is 1. The van der Waals surface area contributed by atoms with Crippen LogP contribution in [0.25, 0.3) is 0 Å². The Balaban J connectivity index is 1.80. The Kier molecular flexibility index (Phi) is 7.18. The number of nitrogens with zero attached hydrogens (tertiary/aromatic N) is 2. The molecule has 0 aromatic carbocycles. The van der Waals surface area contributed by atoms with Crippen molar-refractivity contribution >= 4 is 34.4 Å². The Morgan fingerprint density at radius 3 is 2.56 bits per heavy atom. The fourth-order valence-corrected chi connectivity index (χ4v) is 3.38. The van der Waals surface area contributed by atoms with Crippen molar-refractivity contribution in [2.45, 2.75) is 52.6 Å². The van der Waals surface area contributed by atoms with Crippen LogP contribution < -0.4 is 5.32 Å². The average Bonchev–Trinajstić information content (AvgIpc) is 3.00. The summed E-state index contributed by atoms with van der Waals surface area (Å²) < 4.78 is 10.2. The fraction of sp³-hybridized carbons (Fsp3) is 0.667. The molecule has 0 radical (unpaired) electrons. The third-order valence-corrected chi connectivity index (χ3v) is 4.74. The first-order valence-electron chi connectivity index (χ1n) is 9.06. The van der Waals surface area contributed by atoms with Gasteiger partial charge in [-0.05, 0) is 40.5 Å². The summed E-state index contributed by atoms with van der Waals surface area (Å²) in [6, 6.07) is 0. The van der Waals surface area contributed by atoms with Gasteiger partial charge in [0.05, 0.1) is 18.7 Å². The van der Waals surface area contributed by atoms with Gasteiger partial charge in [0.1, 0.15) is 5.60 Å². The quantitative estimate of drug-likeness (QED) is 0.767. The van der Waals surface area contributed by atoms with Crippen molar-refractivity contribution in [3.05, 3.63) is 11.1 Å². The number of anilines is 1. The molecule has 1 aromatic heterocycles. The number of hydrogen-bond acceptors (Lipinski definition) is 7. The maximum absolute atomic E-state index is 12.4. The molecule has 1 fully saturated rings. The highest BCUT2D eigenvalue weighted by molar-refractivity contribution is 7.13. The van der Waals surface area contributed by atoms with Gasteiger partial charge in [-0.15, -0.1) is 11.3 Å². The molecular formula is C18H27N3O5S. The Labute approximate surface area is 163 Å².